The van der Waals surface area contributed by atoms with Crippen LogP contribution in [0, 0.1) is 0 Å². The molecule has 7 heteroatoms. The summed E-state index contributed by atoms with van der Waals surface area (Å²) in [5.74, 6) is 0.763. The van der Waals surface area contributed by atoms with Crippen LogP contribution >= 0.6 is 39.1 Å². The number of hydrogen-bond acceptors (Lipinski definition) is 4. The maximum absolute atomic E-state index is 12.1. The molecule has 24 heavy (non-hydrogen) atoms. The van der Waals surface area contributed by atoms with Gasteiger partial charge in [-0.15, -0.1) is 0 Å². The molecule has 0 atom stereocenters. The van der Waals surface area contributed by atoms with Crippen LogP contribution in [0.4, 0.5) is 0 Å². The number of halogens is 3. The zero-order valence-electron chi connectivity index (χ0n) is 13.1. The molecule has 128 valence electrons. The highest BCUT2D eigenvalue weighted by Gasteiger charge is 2.14. The van der Waals surface area contributed by atoms with Crippen molar-refractivity contribution in [1.29, 1.82) is 0 Å². The second-order valence-electron chi connectivity index (χ2n) is 4.88. The molecule has 2 aromatic rings. The highest BCUT2D eigenvalue weighted by Crippen LogP contribution is 2.33. The Bertz CT molecular complexity index is 750. The molecule has 0 aromatic heterocycles. The Labute approximate surface area is 158 Å². The van der Waals surface area contributed by atoms with Gasteiger partial charge in [-0.3, -0.25) is 4.79 Å². The molecule has 0 fully saturated rings. The molecule has 0 amide bonds. The van der Waals surface area contributed by atoms with Crippen molar-refractivity contribution in [1.82, 2.24) is 0 Å². The first kappa shape index (κ1) is 18.9. The van der Waals surface area contributed by atoms with E-state index in [9.17, 15) is 4.79 Å². The second kappa shape index (κ2) is 8.60. The lowest BCUT2D eigenvalue weighted by Gasteiger charge is -2.12. The Balaban J connectivity index is 2.03. The van der Waals surface area contributed by atoms with Crippen LogP contribution in [0.3, 0.4) is 0 Å². The van der Waals surface area contributed by atoms with Crippen molar-refractivity contribution in [3.8, 4) is 11.5 Å². The average molecular weight is 434 g/mol. The minimum atomic E-state index is -0.367. The lowest BCUT2D eigenvalue weighted by atomic mass is 10.1. The van der Waals surface area contributed by atoms with Gasteiger partial charge in [0.25, 0.3) is 0 Å². The van der Waals surface area contributed by atoms with Crippen molar-refractivity contribution in [2.24, 2.45) is 0 Å². The molecule has 0 N–H and O–H groups in total. The third-order valence-electron chi connectivity index (χ3n) is 3.27. The standard InChI is InChI=1S/C17H15BrCl2O4/c1-22-15-6-11(12(18)8-16(15)23-2)7-17(21)24-9-10-3-4-13(19)14(20)5-10/h3-6,8H,7,9H2,1-2H3. The number of methoxy groups -OCH3 is 2. The molecule has 0 aliphatic heterocycles. The first-order chi connectivity index (χ1) is 11.4. The Hall–Kier alpha value is -1.43. The van der Waals surface area contributed by atoms with Gasteiger partial charge < -0.3 is 14.2 Å². The summed E-state index contributed by atoms with van der Waals surface area (Å²) in [6.07, 6.45) is 0.0995. The minimum absolute atomic E-state index is 0.0995. The summed E-state index contributed by atoms with van der Waals surface area (Å²) in [7, 11) is 3.09. The quantitative estimate of drug-likeness (QED) is 0.597. The van der Waals surface area contributed by atoms with Gasteiger partial charge in [0.2, 0.25) is 0 Å². The van der Waals surface area contributed by atoms with Crippen LogP contribution in [-0.2, 0) is 22.6 Å². The summed E-state index contributed by atoms with van der Waals surface area (Å²) in [5, 5.41) is 0.883. The van der Waals surface area contributed by atoms with Crippen LogP contribution in [0.1, 0.15) is 11.1 Å². The first-order valence-corrected chi connectivity index (χ1v) is 8.49. The van der Waals surface area contributed by atoms with Gasteiger partial charge in [-0.2, -0.15) is 0 Å². The first-order valence-electron chi connectivity index (χ1n) is 6.94. The third kappa shape index (κ3) is 4.79. The smallest absolute Gasteiger partial charge is 0.310 e. The Morgan fingerprint density at radius 2 is 1.71 bits per heavy atom. The van der Waals surface area contributed by atoms with Gasteiger partial charge >= 0.3 is 5.97 Å². The topological polar surface area (TPSA) is 44.8 Å². The van der Waals surface area contributed by atoms with Crippen molar-refractivity contribution in [3.05, 3.63) is 56.0 Å². The van der Waals surface area contributed by atoms with E-state index in [1.807, 2.05) is 0 Å². The molecule has 0 radical (unpaired) electrons. The van der Waals surface area contributed by atoms with E-state index >= 15 is 0 Å². The summed E-state index contributed by atoms with van der Waals surface area (Å²) < 4.78 is 16.5. The molecular weight excluding hydrogens is 419 g/mol. The number of ether oxygens (including phenoxy) is 3. The summed E-state index contributed by atoms with van der Waals surface area (Å²) in [6, 6.07) is 8.58. The molecule has 0 aliphatic carbocycles. The van der Waals surface area contributed by atoms with Gasteiger partial charge in [-0.1, -0.05) is 45.2 Å². The molecule has 0 bridgehead atoms. The zero-order chi connectivity index (χ0) is 17.7. The maximum Gasteiger partial charge on any atom is 0.310 e. The fraction of sp³-hybridized carbons (Fsp3) is 0.235. The molecule has 2 aromatic carbocycles. The van der Waals surface area contributed by atoms with E-state index in [2.05, 4.69) is 15.9 Å². The number of hydrogen-bond donors (Lipinski definition) is 0. The van der Waals surface area contributed by atoms with Crippen LogP contribution in [-0.4, -0.2) is 20.2 Å². The van der Waals surface area contributed by atoms with Crippen molar-refractivity contribution >= 4 is 45.1 Å². The Morgan fingerprint density at radius 1 is 1.04 bits per heavy atom. The average Bonchev–Trinajstić information content (AvgIpc) is 2.57. The predicted octanol–water partition coefficient (Wildman–Crippen LogP) is 5.06. The zero-order valence-corrected chi connectivity index (χ0v) is 16.2. The van der Waals surface area contributed by atoms with Gasteiger partial charge in [0.1, 0.15) is 6.61 Å². The summed E-state index contributed by atoms with van der Waals surface area (Å²) in [5.41, 5.74) is 1.51. The van der Waals surface area contributed by atoms with Crippen molar-refractivity contribution in [2.45, 2.75) is 13.0 Å². The SMILES string of the molecule is COc1cc(Br)c(CC(=O)OCc2ccc(Cl)c(Cl)c2)cc1OC. The summed E-state index contributed by atoms with van der Waals surface area (Å²) >= 11 is 15.2. The molecule has 0 saturated heterocycles. The minimum Gasteiger partial charge on any atom is -0.493 e. The number of carbonyl (C=O) groups is 1. The van der Waals surface area contributed by atoms with Gasteiger partial charge in [0.05, 0.1) is 30.7 Å². The second-order valence-corrected chi connectivity index (χ2v) is 6.55. The molecular formula is C17H15BrCl2O4. The number of carbonyl (C=O) groups excluding carboxylic acids is 1. The number of esters is 1. The molecule has 0 saturated carbocycles. The van der Waals surface area contributed by atoms with E-state index in [-0.39, 0.29) is 19.0 Å². The molecule has 4 nitrogen and oxygen atoms in total. The van der Waals surface area contributed by atoms with Crippen LogP contribution in [0.25, 0.3) is 0 Å². The van der Waals surface area contributed by atoms with Crippen LogP contribution in [0.15, 0.2) is 34.8 Å². The van der Waals surface area contributed by atoms with Crippen LogP contribution < -0.4 is 9.47 Å². The normalized spacial score (nSPS) is 10.4. The van der Waals surface area contributed by atoms with E-state index in [1.54, 1.807) is 37.4 Å². The predicted molar refractivity (Wildman–Crippen MR) is 97.2 cm³/mol. The van der Waals surface area contributed by atoms with E-state index in [4.69, 9.17) is 37.4 Å². The van der Waals surface area contributed by atoms with E-state index in [0.717, 1.165) is 15.6 Å². The van der Waals surface area contributed by atoms with Crippen molar-refractivity contribution in [2.75, 3.05) is 14.2 Å². The van der Waals surface area contributed by atoms with E-state index < -0.39 is 0 Å². The molecule has 0 aliphatic rings. The Kier molecular flexibility index (Phi) is 6.78. The van der Waals surface area contributed by atoms with E-state index in [1.165, 1.54) is 7.11 Å². The molecule has 2 rings (SSSR count). The van der Waals surface area contributed by atoms with Crippen molar-refractivity contribution < 1.29 is 19.0 Å². The molecule has 0 heterocycles. The Morgan fingerprint density at radius 3 is 2.33 bits per heavy atom. The largest absolute Gasteiger partial charge is 0.493 e. The highest BCUT2D eigenvalue weighted by molar-refractivity contribution is 9.10. The molecule has 0 unspecified atom stereocenters. The third-order valence-corrected chi connectivity index (χ3v) is 4.75. The monoisotopic (exact) mass is 432 g/mol. The van der Waals surface area contributed by atoms with Crippen molar-refractivity contribution in [3.63, 3.8) is 0 Å². The number of rotatable bonds is 6. The van der Waals surface area contributed by atoms with E-state index in [0.29, 0.717) is 21.5 Å². The lowest BCUT2D eigenvalue weighted by Crippen LogP contribution is -2.09. The van der Waals surface area contributed by atoms with Gasteiger partial charge in [0.15, 0.2) is 11.5 Å². The van der Waals surface area contributed by atoms with Crippen LogP contribution in [0.2, 0.25) is 10.0 Å². The fourth-order valence-electron chi connectivity index (χ4n) is 2.03. The molecule has 0 spiro atoms. The summed E-state index contributed by atoms with van der Waals surface area (Å²) in [4.78, 5) is 12.1. The highest BCUT2D eigenvalue weighted by atomic mass is 79.9. The fourth-order valence-corrected chi connectivity index (χ4v) is 2.81. The van der Waals surface area contributed by atoms with Gasteiger partial charge in [-0.25, -0.2) is 0 Å². The van der Waals surface area contributed by atoms with Gasteiger partial charge in [0, 0.05) is 4.47 Å². The van der Waals surface area contributed by atoms with Gasteiger partial charge in [-0.05, 0) is 35.4 Å². The van der Waals surface area contributed by atoms with Crippen LogP contribution in [0.5, 0.6) is 11.5 Å². The lowest BCUT2D eigenvalue weighted by molar-refractivity contribution is -0.144. The number of benzene rings is 2. The maximum atomic E-state index is 12.1. The summed E-state index contributed by atoms with van der Waals surface area (Å²) in [6.45, 7) is 0.126.